The lowest BCUT2D eigenvalue weighted by atomic mass is 10.2. The summed E-state index contributed by atoms with van der Waals surface area (Å²) >= 11 is 0. The largest absolute Gasteiger partial charge is 0.409 e. The molecule has 0 aliphatic carbocycles. The maximum absolute atomic E-state index is 11.9. The fraction of sp³-hybridized carbons (Fsp3) is 0.200. The minimum absolute atomic E-state index is 0.0791. The highest BCUT2D eigenvalue weighted by Crippen LogP contribution is 2.06. The number of tetrazole rings is 1. The van der Waals surface area contributed by atoms with Gasteiger partial charge in [-0.1, -0.05) is 10.4 Å². The molecule has 0 fully saturated rings. The number of nitrogens with one attached hydrogen (secondary N) is 2. The van der Waals surface area contributed by atoms with Crippen LogP contribution in [-0.2, 0) is 0 Å². The number of hydrogen-bond donors (Lipinski definition) is 4. The van der Waals surface area contributed by atoms with Gasteiger partial charge in [-0.15, -0.1) is 10.2 Å². The van der Waals surface area contributed by atoms with Crippen LogP contribution in [-0.4, -0.2) is 42.6 Å². The molecule has 0 aliphatic heterocycles. The number of hydrogen-bond acceptors (Lipinski definition) is 7. The van der Waals surface area contributed by atoms with Gasteiger partial charge in [0.1, 0.15) is 5.69 Å². The van der Waals surface area contributed by atoms with Crippen LogP contribution < -0.4 is 11.1 Å². The Labute approximate surface area is 113 Å². The number of nitrogens with two attached hydrogens (primary N) is 1. The average molecular weight is 276 g/mol. The summed E-state index contributed by atoms with van der Waals surface area (Å²) < 4.78 is 0. The number of aromatic nitrogens is 5. The van der Waals surface area contributed by atoms with Crippen molar-refractivity contribution < 1.29 is 10.0 Å². The highest BCUT2D eigenvalue weighted by Gasteiger charge is 2.15. The van der Waals surface area contributed by atoms with Crippen LogP contribution in [0.5, 0.6) is 0 Å². The molecular weight excluding hydrogens is 264 g/mol. The van der Waals surface area contributed by atoms with Crippen LogP contribution in [0.2, 0.25) is 0 Å². The van der Waals surface area contributed by atoms with Crippen molar-refractivity contribution in [2.24, 2.45) is 10.9 Å². The molecule has 2 aromatic heterocycles. The Morgan fingerprint density at radius 1 is 1.55 bits per heavy atom. The molecule has 1 atom stereocenters. The number of aromatic amines is 1. The van der Waals surface area contributed by atoms with Gasteiger partial charge in [0.15, 0.2) is 11.7 Å². The highest BCUT2D eigenvalue weighted by atomic mass is 16.4. The summed E-state index contributed by atoms with van der Waals surface area (Å²) in [7, 11) is 0. The van der Waals surface area contributed by atoms with E-state index < -0.39 is 11.9 Å². The first-order valence-electron chi connectivity index (χ1n) is 5.60. The van der Waals surface area contributed by atoms with Crippen molar-refractivity contribution >= 4 is 11.7 Å². The van der Waals surface area contributed by atoms with Crippen molar-refractivity contribution in [2.45, 2.75) is 13.0 Å². The molecule has 1 amide bonds. The minimum Gasteiger partial charge on any atom is -0.409 e. The standard InChI is InChI=1S/C10H12N8O2/c1-5(9-14-17-18-15-9)13-10(19)7-3-2-6(4-12-7)8(11)16-20/h2-5,20H,1H3,(H2,11,16)(H,13,19)(H,14,15,17,18). The predicted octanol–water partition coefficient (Wildman–Crippen LogP) is -0.820. The van der Waals surface area contributed by atoms with Crippen LogP contribution in [0.3, 0.4) is 0 Å². The Balaban J connectivity index is 2.06. The number of oxime groups is 1. The van der Waals surface area contributed by atoms with E-state index in [1.165, 1.54) is 18.3 Å². The number of rotatable bonds is 4. The molecule has 2 heterocycles. The third kappa shape index (κ3) is 2.85. The highest BCUT2D eigenvalue weighted by molar-refractivity contribution is 5.98. The molecule has 5 N–H and O–H groups in total. The number of carbonyl (C=O) groups is 1. The molecule has 10 heteroatoms. The Bertz CT molecular complexity index is 607. The maximum Gasteiger partial charge on any atom is 0.270 e. The smallest absolute Gasteiger partial charge is 0.270 e. The molecule has 0 spiro atoms. The second-order valence-corrected chi connectivity index (χ2v) is 3.88. The molecule has 20 heavy (non-hydrogen) atoms. The van der Waals surface area contributed by atoms with Gasteiger partial charge in [-0.25, -0.2) is 0 Å². The normalized spacial score (nSPS) is 12.9. The lowest BCUT2D eigenvalue weighted by molar-refractivity contribution is 0.0933. The van der Waals surface area contributed by atoms with Gasteiger partial charge < -0.3 is 16.3 Å². The first-order valence-corrected chi connectivity index (χ1v) is 5.60. The molecule has 1 unspecified atom stereocenters. The van der Waals surface area contributed by atoms with Gasteiger partial charge in [0.25, 0.3) is 5.91 Å². The summed E-state index contributed by atoms with van der Waals surface area (Å²) in [4.78, 5) is 15.9. The van der Waals surface area contributed by atoms with Crippen molar-refractivity contribution in [2.75, 3.05) is 0 Å². The van der Waals surface area contributed by atoms with Crippen molar-refractivity contribution in [1.29, 1.82) is 0 Å². The van der Waals surface area contributed by atoms with Crippen molar-refractivity contribution in [3.63, 3.8) is 0 Å². The van der Waals surface area contributed by atoms with E-state index in [2.05, 4.69) is 36.1 Å². The van der Waals surface area contributed by atoms with E-state index in [-0.39, 0.29) is 11.5 Å². The van der Waals surface area contributed by atoms with Crippen LogP contribution in [0.25, 0.3) is 0 Å². The van der Waals surface area contributed by atoms with Crippen LogP contribution >= 0.6 is 0 Å². The number of amides is 1. The van der Waals surface area contributed by atoms with E-state index in [0.717, 1.165) is 0 Å². The molecule has 104 valence electrons. The van der Waals surface area contributed by atoms with Crippen molar-refractivity contribution in [3.8, 4) is 0 Å². The second kappa shape index (κ2) is 5.73. The topological polar surface area (TPSA) is 155 Å². The summed E-state index contributed by atoms with van der Waals surface area (Å²) in [6.45, 7) is 1.72. The van der Waals surface area contributed by atoms with Gasteiger partial charge in [0, 0.05) is 11.8 Å². The first-order chi connectivity index (χ1) is 9.61. The summed E-state index contributed by atoms with van der Waals surface area (Å²) in [6.07, 6.45) is 1.34. The van der Waals surface area contributed by atoms with Gasteiger partial charge in [-0.05, 0) is 19.1 Å². The van der Waals surface area contributed by atoms with Gasteiger partial charge in [-0.3, -0.25) is 9.78 Å². The molecule has 2 aromatic rings. The molecule has 0 aromatic carbocycles. The van der Waals surface area contributed by atoms with E-state index in [4.69, 9.17) is 10.9 Å². The molecule has 0 aliphatic rings. The van der Waals surface area contributed by atoms with Gasteiger partial charge >= 0.3 is 0 Å². The SMILES string of the molecule is CC(NC(=O)c1ccc(C(N)=NO)cn1)c1nn[nH]n1. The first kappa shape index (κ1) is 13.4. The van der Waals surface area contributed by atoms with E-state index >= 15 is 0 Å². The van der Waals surface area contributed by atoms with Crippen molar-refractivity contribution in [3.05, 3.63) is 35.4 Å². The summed E-state index contributed by atoms with van der Waals surface area (Å²) in [5.41, 5.74) is 6.00. The monoisotopic (exact) mass is 276 g/mol. The van der Waals surface area contributed by atoms with Crippen LogP contribution in [0.15, 0.2) is 23.5 Å². The van der Waals surface area contributed by atoms with E-state index in [9.17, 15) is 4.79 Å². The fourth-order valence-electron chi connectivity index (χ4n) is 1.43. The van der Waals surface area contributed by atoms with E-state index in [1.807, 2.05) is 0 Å². The van der Waals surface area contributed by atoms with E-state index in [1.54, 1.807) is 6.92 Å². The Kier molecular flexibility index (Phi) is 3.84. The lowest BCUT2D eigenvalue weighted by Crippen LogP contribution is -2.28. The molecule has 0 bridgehead atoms. The summed E-state index contributed by atoms with van der Waals surface area (Å²) in [5, 5.41) is 27.3. The quantitative estimate of drug-likeness (QED) is 0.246. The molecule has 0 radical (unpaired) electrons. The Hall–Kier alpha value is -3.04. The molecule has 0 saturated carbocycles. The zero-order valence-corrected chi connectivity index (χ0v) is 10.5. The summed E-state index contributed by atoms with van der Waals surface area (Å²) in [6, 6.07) is 2.58. The summed E-state index contributed by atoms with van der Waals surface area (Å²) in [5.74, 6) is -0.107. The van der Waals surface area contributed by atoms with Gasteiger partial charge in [0.2, 0.25) is 0 Å². The van der Waals surface area contributed by atoms with Gasteiger partial charge in [0.05, 0.1) is 6.04 Å². The lowest BCUT2D eigenvalue weighted by Gasteiger charge is -2.09. The number of carbonyl (C=O) groups excluding carboxylic acids is 1. The zero-order chi connectivity index (χ0) is 14.5. The van der Waals surface area contributed by atoms with E-state index in [0.29, 0.717) is 11.4 Å². The second-order valence-electron chi connectivity index (χ2n) is 3.88. The predicted molar refractivity (Wildman–Crippen MR) is 66.8 cm³/mol. The van der Waals surface area contributed by atoms with Crippen LogP contribution in [0, 0.1) is 0 Å². The third-order valence-corrected chi connectivity index (χ3v) is 2.50. The Morgan fingerprint density at radius 3 is 2.90 bits per heavy atom. The van der Waals surface area contributed by atoms with Crippen molar-refractivity contribution in [1.82, 2.24) is 30.9 Å². The molecule has 2 rings (SSSR count). The molecule has 10 nitrogen and oxygen atoms in total. The number of amidine groups is 1. The van der Waals surface area contributed by atoms with Crippen LogP contribution in [0.4, 0.5) is 0 Å². The Morgan fingerprint density at radius 2 is 2.35 bits per heavy atom. The fourth-order valence-corrected chi connectivity index (χ4v) is 1.43. The average Bonchev–Trinajstić information content (AvgIpc) is 3.01. The zero-order valence-electron chi connectivity index (χ0n) is 10.5. The number of nitrogens with zero attached hydrogens (tertiary/aromatic N) is 5. The number of H-pyrrole nitrogens is 1. The maximum atomic E-state index is 11.9. The van der Waals surface area contributed by atoms with Gasteiger partial charge in [-0.2, -0.15) is 5.21 Å². The minimum atomic E-state index is -0.410. The third-order valence-electron chi connectivity index (χ3n) is 2.50. The molecular formula is C10H12N8O2. The molecule has 0 saturated heterocycles. The van der Waals surface area contributed by atoms with Crippen LogP contribution in [0.1, 0.15) is 34.8 Å². The number of pyridine rings is 1.